The molecule has 64 valence electrons. The van der Waals surface area contributed by atoms with Gasteiger partial charge in [0.1, 0.15) is 0 Å². The summed E-state index contributed by atoms with van der Waals surface area (Å²) in [6, 6.07) is 2.42. The van der Waals surface area contributed by atoms with Crippen molar-refractivity contribution in [1.29, 1.82) is 0 Å². The zero-order valence-corrected chi connectivity index (χ0v) is 8.82. The topological polar surface area (TPSA) is 37.3 Å². The van der Waals surface area contributed by atoms with E-state index in [1.807, 2.05) is 0 Å². The van der Waals surface area contributed by atoms with Crippen LogP contribution in [-0.4, -0.2) is 11.1 Å². The maximum Gasteiger partial charge on any atom is 0.335 e. The molecule has 0 spiro atoms. The second-order valence-corrected chi connectivity index (χ2v) is 3.77. The van der Waals surface area contributed by atoms with Crippen LogP contribution in [0, 0.1) is 5.82 Å². The molecule has 1 N–H and O–H groups in total. The highest BCUT2D eigenvalue weighted by molar-refractivity contribution is 9.11. The van der Waals surface area contributed by atoms with Gasteiger partial charge in [0.15, 0.2) is 5.82 Å². The van der Waals surface area contributed by atoms with Crippen molar-refractivity contribution < 1.29 is 14.3 Å². The highest BCUT2D eigenvalue weighted by Crippen LogP contribution is 2.25. The molecular formula is C7H3Br2FO2. The van der Waals surface area contributed by atoms with E-state index in [1.54, 1.807) is 0 Å². The lowest BCUT2D eigenvalue weighted by molar-refractivity contribution is 0.0696. The lowest BCUT2D eigenvalue weighted by atomic mass is 10.2. The van der Waals surface area contributed by atoms with Crippen molar-refractivity contribution in [1.82, 2.24) is 0 Å². The minimum Gasteiger partial charge on any atom is -0.478 e. The van der Waals surface area contributed by atoms with Crippen LogP contribution in [-0.2, 0) is 0 Å². The largest absolute Gasteiger partial charge is 0.478 e. The summed E-state index contributed by atoms with van der Waals surface area (Å²) in [5, 5.41) is 8.56. The fourth-order valence-corrected chi connectivity index (χ4v) is 1.87. The number of rotatable bonds is 1. The van der Waals surface area contributed by atoms with Crippen molar-refractivity contribution in [3.8, 4) is 0 Å². The average Bonchev–Trinajstić information content (AvgIpc) is 1.99. The summed E-state index contributed by atoms with van der Waals surface area (Å²) in [6.07, 6.45) is 0. The zero-order chi connectivity index (χ0) is 9.30. The molecule has 0 aromatic heterocycles. The third-order valence-electron chi connectivity index (χ3n) is 1.23. The molecule has 0 atom stereocenters. The molecule has 0 saturated carbocycles. The molecule has 0 fully saturated rings. The third kappa shape index (κ3) is 1.84. The Morgan fingerprint density at radius 1 is 1.33 bits per heavy atom. The molecule has 1 aromatic carbocycles. The monoisotopic (exact) mass is 296 g/mol. The van der Waals surface area contributed by atoms with E-state index in [9.17, 15) is 9.18 Å². The van der Waals surface area contributed by atoms with Gasteiger partial charge in [-0.25, -0.2) is 9.18 Å². The minimum absolute atomic E-state index is 0.0372. The van der Waals surface area contributed by atoms with Crippen LogP contribution in [0.5, 0.6) is 0 Å². The van der Waals surface area contributed by atoms with Gasteiger partial charge in [-0.1, -0.05) is 0 Å². The molecule has 12 heavy (non-hydrogen) atoms. The number of benzene rings is 1. The smallest absolute Gasteiger partial charge is 0.335 e. The Morgan fingerprint density at radius 2 is 1.75 bits per heavy atom. The number of carboxylic acids is 1. The lowest BCUT2D eigenvalue weighted by Gasteiger charge is -1.99. The van der Waals surface area contributed by atoms with Crippen molar-refractivity contribution >= 4 is 37.8 Å². The van der Waals surface area contributed by atoms with Gasteiger partial charge in [-0.05, 0) is 44.0 Å². The van der Waals surface area contributed by atoms with Gasteiger partial charge in [-0.15, -0.1) is 0 Å². The lowest BCUT2D eigenvalue weighted by Crippen LogP contribution is -1.97. The molecule has 0 amide bonds. The Labute approximate surface area is 84.7 Å². The second-order valence-electron chi connectivity index (χ2n) is 2.06. The highest BCUT2D eigenvalue weighted by Gasteiger charge is 2.10. The summed E-state index contributed by atoms with van der Waals surface area (Å²) in [7, 11) is 0. The van der Waals surface area contributed by atoms with Crippen molar-refractivity contribution in [3.63, 3.8) is 0 Å². The van der Waals surface area contributed by atoms with Gasteiger partial charge >= 0.3 is 5.97 Å². The molecule has 1 aromatic rings. The molecule has 5 heteroatoms. The molecule has 1 rings (SSSR count). The van der Waals surface area contributed by atoms with Crippen molar-refractivity contribution in [3.05, 3.63) is 32.5 Å². The number of halogens is 3. The molecule has 0 aliphatic heterocycles. The first-order valence-corrected chi connectivity index (χ1v) is 4.49. The zero-order valence-electron chi connectivity index (χ0n) is 5.64. The average molecular weight is 298 g/mol. The highest BCUT2D eigenvalue weighted by atomic mass is 79.9. The van der Waals surface area contributed by atoms with Gasteiger partial charge in [0.25, 0.3) is 0 Å². The fourth-order valence-electron chi connectivity index (χ4n) is 0.679. The molecule has 0 heterocycles. The van der Waals surface area contributed by atoms with Crippen LogP contribution in [0.15, 0.2) is 21.1 Å². The number of hydrogen-bond acceptors (Lipinski definition) is 1. The Kier molecular flexibility index (Phi) is 2.85. The summed E-state index contributed by atoms with van der Waals surface area (Å²) in [5.74, 6) is -1.59. The molecule has 2 nitrogen and oxygen atoms in total. The molecule has 0 bridgehead atoms. The van der Waals surface area contributed by atoms with E-state index < -0.39 is 11.8 Å². The number of aromatic carboxylic acids is 1. The van der Waals surface area contributed by atoms with E-state index in [-0.39, 0.29) is 14.5 Å². The SMILES string of the molecule is O=C(O)c1cc(Br)c(F)c(Br)c1. The first-order valence-electron chi connectivity index (χ1n) is 2.90. The third-order valence-corrected chi connectivity index (χ3v) is 2.38. The van der Waals surface area contributed by atoms with Gasteiger partial charge < -0.3 is 5.11 Å². The second kappa shape index (κ2) is 3.53. The van der Waals surface area contributed by atoms with Crippen LogP contribution >= 0.6 is 31.9 Å². The summed E-state index contributed by atoms with van der Waals surface area (Å²) in [4.78, 5) is 10.5. The molecular weight excluding hydrogens is 295 g/mol. The first kappa shape index (κ1) is 9.67. The minimum atomic E-state index is -1.09. The summed E-state index contributed by atoms with van der Waals surface area (Å²) in [5.41, 5.74) is 0.0372. The van der Waals surface area contributed by atoms with E-state index in [1.165, 1.54) is 12.1 Å². The number of carbonyl (C=O) groups is 1. The maximum absolute atomic E-state index is 12.9. The Hall–Kier alpha value is -0.420. The molecule has 0 radical (unpaired) electrons. The van der Waals surface area contributed by atoms with E-state index in [0.717, 1.165) is 0 Å². The van der Waals surface area contributed by atoms with Crippen molar-refractivity contribution in [2.75, 3.05) is 0 Å². The van der Waals surface area contributed by atoms with Crippen LogP contribution in [0.4, 0.5) is 4.39 Å². The van der Waals surface area contributed by atoms with E-state index in [0.29, 0.717) is 0 Å². The predicted molar refractivity (Wildman–Crippen MR) is 48.8 cm³/mol. The van der Waals surface area contributed by atoms with Crippen LogP contribution in [0.2, 0.25) is 0 Å². The van der Waals surface area contributed by atoms with Gasteiger partial charge in [0.2, 0.25) is 0 Å². The molecule has 0 aliphatic carbocycles. The molecule has 0 unspecified atom stereocenters. The normalized spacial score (nSPS) is 9.92. The van der Waals surface area contributed by atoms with Crippen LogP contribution in [0.1, 0.15) is 10.4 Å². The van der Waals surface area contributed by atoms with Gasteiger partial charge in [-0.2, -0.15) is 0 Å². The Bertz CT molecular complexity index is 315. The van der Waals surface area contributed by atoms with E-state index in [2.05, 4.69) is 31.9 Å². The summed E-state index contributed by atoms with van der Waals surface area (Å²) >= 11 is 5.79. The van der Waals surface area contributed by atoms with Gasteiger partial charge in [-0.3, -0.25) is 0 Å². The summed E-state index contributed by atoms with van der Waals surface area (Å²) in [6.45, 7) is 0. The fraction of sp³-hybridized carbons (Fsp3) is 0. The standard InChI is InChI=1S/C7H3Br2FO2/c8-4-1-3(7(11)12)2-5(9)6(4)10/h1-2H,(H,11,12). The Morgan fingerprint density at radius 3 is 2.08 bits per heavy atom. The van der Waals surface area contributed by atoms with E-state index in [4.69, 9.17) is 5.11 Å². The quantitative estimate of drug-likeness (QED) is 0.809. The van der Waals surface area contributed by atoms with E-state index >= 15 is 0 Å². The van der Waals surface area contributed by atoms with Crippen molar-refractivity contribution in [2.45, 2.75) is 0 Å². The van der Waals surface area contributed by atoms with Gasteiger partial charge in [0.05, 0.1) is 14.5 Å². The first-order chi connectivity index (χ1) is 5.52. The molecule has 0 aliphatic rings. The van der Waals surface area contributed by atoms with Gasteiger partial charge in [0, 0.05) is 0 Å². The number of carboxylic acid groups (broad SMARTS) is 1. The maximum atomic E-state index is 12.9. The number of hydrogen-bond donors (Lipinski definition) is 1. The van der Waals surface area contributed by atoms with Crippen LogP contribution in [0.3, 0.4) is 0 Å². The summed E-state index contributed by atoms with van der Waals surface area (Å²) < 4.78 is 13.2. The van der Waals surface area contributed by atoms with Crippen LogP contribution in [0.25, 0.3) is 0 Å². The Balaban J connectivity index is 3.31. The predicted octanol–water partition coefficient (Wildman–Crippen LogP) is 3.05. The van der Waals surface area contributed by atoms with Crippen LogP contribution < -0.4 is 0 Å². The van der Waals surface area contributed by atoms with Crippen molar-refractivity contribution in [2.24, 2.45) is 0 Å². The molecule has 0 saturated heterocycles.